The van der Waals surface area contributed by atoms with E-state index in [1.807, 2.05) is 0 Å². The number of sulfone groups is 1. The van der Waals surface area contributed by atoms with Gasteiger partial charge in [0.2, 0.25) is 0 Å². The molecule has 1 aliphatic rings. The number of hydrogen-bond donors (Lipinski definition) is 0. The molecule has 3 rings (SSSR count). The van der Waals surface area contributed by atoms with Crippen molar-refractivity contribution in [2.45, 2.75) is 19.0 Å². The Hall–Kier alpha value is -2.81. The third-order valence-corrected chi connectivity index (χ3v) is 6.21. The van der Waals surface area contributed by atoms with Gasteiger partial charge in [0.05, 0.1) is 16.4 Å². The van der Waals surface area contributed by atoms with Gasteiger partial charge >= 0.3 is 0 Å². The van der Waals surface area contributed by atoms with Crippen molar-refractivity contribution < 1.29 is 22.5 Å². The SMILES string of the molecule is O=C(c1cccc([N+](=O)[O-])c1)N(Cc1cccc(F)c1)C1CCS(=O)(=O)C1. The van der Waals surface area contributed by atoms with Gasteiger partial charge in [-0.05, 0) is 30.2 Å². The van der Waals surface area contributed by atoms with E-state index in [0.717, 1.165) is 6.07 Å². The fourth-order valence-corrected chi connectivity index (χ4v) is 4.87. The van der Waals surface area contributed by atoms with Gasteiger partial charge in [-0.2, -0.15) is 0 Å². The number of carbonyl (C=O) groups excluding carboxylic acids is 1. The maximum absolute atomic E-state index is 13.5. The van der Waals surface area contributed by atoms with E-state index in [-0.39, 0.29) is 35.7 Å². The summed E-state index contributed by atoms with van der Waals surface area (Å²) in [6.45, 7) is 0.0134. The van der Waals surface area contributed by atoms with Crippen LogP contribution in [0, 0.1) is 15.9 Å². The first-order chi connectivity index (χ1) is 12.7. The van der Waals surface area contributed by atoms with E-state index in [2.05, 4.69) is 0 Å². The predicted molar refractivity (Wildman–Crippen MR) is 96.4 cm³/mol. The molecule has 2 aromatic carbocycles. The number of nitro groups is 1. The molecule has 1 atom stereocenters. The highest BCUT2D eigenvalue weighted by molar-refractivity contribution is 7.91. The van der Waals surface area contributed by atoms with Crippen LogP contribution in [0.25, 0.3) is 0 Å². The molecule has 0 spiro atoms. The largest absolute Gasteiger partial charge is 0.330 e. The summed E-state index contributed by atoms with van der Waals surface area (Å²) >= 11 is 0. The molecule has 9 heteroatoms. The van der Waals surface area contributed by atoms with Gasteiger partial charge in [-0.1, -0.05) is 18.2 Å². The molecule has 0 radical (unpaired) electrons. The van der Waals surface area contributed by atoms with E-state index in [0.29, 0.717) is 5.56 Å². The van der Waals surface area contributed by atoms with Gasteiger partial charge in [-0.3, -0.25) is 14.9 Å². The van der Waals surface area contributed by atoms with Crippen molar-refractivity contribution >= 4 is 21.4 Å². The number of nitrogens with zero attached hydrogens (tertiary/aromatic N) is 2. The van der Waals surface area contributed by atoms with Crippen LogP contribution < -0.4 is 0 Å². The Morgan fingerprint density at radius 3 is 2.59 bits per heavy atom. The lowest BCUT2D eigenvalue weighted by atomic mass is 10.1. The van der Waals surface area contributed by atoms with E-state index >= 15 is 0 Å². The summed E-state index contributed by atoms with van der Waals surface area (Å²) in [5, 5.41) is 11.0. The van der Waals surface area contributed by atoms with Crippen molar-refractivity contribution in [3.8, 4) is 0 Å². The molecule has 142 valence electrons. The third kappa shape index (κ3) is 4.48. The molecule has 1 unspecified atom stereocenters. The fraction of sp³-hybridized carbons (Fsp3) is 0.278. The van der Waals surface area contributed by atoms with Gasteiger partial charge in [0.1, 0.15) is 5.82 Å². The van der Waals surface area contributed by atoms with Crippen LogP contribution in [0.2, 0.25) is 0 Å². The van der Waals surface area contributed by atoms with Crippen molar-refractivity contribution in [2.75, 3.05) is 11.5 Å². The second kappa shape index (κ2) is 7.43. The molecule has 0 bridgehead atoms. The normalized spacial score (nSPS) is 18.2. The van der Waals surface area contributed by atoms with Crippen molar-refractivity contribution in [1.29, 1.82) is 0 Å². The Kier molecular flexibility index (Phi) is 5.22. The Labute approximate surface area is 155 Å². The van der Waals surface area contributed by atoms with Gasteiger partial charge in [0.25, 0.3) is 11.6 Å². The average Bonchev–Trinajstić information content (AvgIpc) is 2.99. The van der Waals surface area contributed by atoms with Crippen molar-refractivity contribution in [1.82, 2.24) is 4.90 Å². The molecule has 1 saturated heterocycles. The number of hydrogen-bond acceptors (Lipinski definition) is 5. The first kappa shape index (κ1) is 19.0. The van der Waals surface area contributed by atoms with Gasteiger partial charge in [-0.25, -0.2) is 12.8 Å². The molecule has 0 aromatic heterocycles. The van der Waals surface area contributed by atoms with Crippen LogP contribution in [0.5, 0.6) is 0 Å². The molecule has 1 aliphatic heterocycles. The summed E-state index contributed by atoms with van der Waals surface area (Å²) in [5.74, 6) is -1.19. The highest BCUT2D eigenvalue weighted by atomic mass is 32.2. The monoisotopic (exact) mass is 392 g/mol. The number of nitro benzene ring substituents is 1. The number of non-ortho nitro benzene ring substituents is 1. The zero-order valence-corrected chi connectivity index (χ0v) is 15.1. The molecule has 2 aromatic rings. The van der Waals surface area contributed by atoms with E-state index in [4.69, 9.17) is 0 Å². The molecule has 1 heterocycles. The topological polar surface area (TPSA) is 97.6 Å². The predicted octanol–water partition coefficient (Wildman–Crippen LogP) is 2.56. The zero-order valence-electron chi connectivity index (χ0n) is 14.2. The van der Waals surface area contributed by atoms with E-state index in [1.165, 1.54) is 41.3 Å². The zero-order chi connectivity index (χ0) is 19.6. The van der Waals surface area contributed by atoms with Crippen molar-refractivity contribution in [2.24, 2.45) is 0 Å². The number of rotatable bonds is 5. The minimum absolute atomic E-state index is 0.0134. The maximum Gasteiger partial charge on any atom is 0.270 e. The molecule has 1 amide bonds. The summed E-state index contributed by atoms with van der Waals surface area (Å²) in [5.41, 5.74) is 0.369. The van der Waals surface area contributed by atoms with Crippen molar-refractivity contribution in [3.05, 3.63) is 75.6 Å². The summed E-state index contributed by atoms with van der Waals surface area (Å²) in [6.07, 6.45) is 0.276. The first-order valence-corrected chi connectivity index (χ1v) is 10.1. The van der Waals surface area contributed by atoms with Gasteiger partial charge < -0.3 is 4.90 Å². The standard InChI is InChI=1S/C18H17FN2O5S/c19-15-5-1-3-13(9-15)11-20(17-7-8-27(25,26)12-17)18(22)14-4-2-6-16(10-14)21(23)24/h1-6,9-10,17H,7-8,11-12H2. The lowest BCUT2D eigenvalue weighted by Crippen LogP contribution is -2.40. The molecule has 0 aliphatic carbocycles. The average molecular weight is 392 g/mol. The molecule has 27 heavy (non-hydrogen) atoms. The van der Waals surface area contributed by atoms with Crippen LogP contribution in [-0.4, -0.2) is 41.7 Å². The van der Waals surface area contributed by atoms with Crippen LogP contribution in [0.15, 0.2) is 48.5 Å². The quantitative estimate of drug-likeness (QED) is 0.575. The highest BCUT2D eigenvalue weighted by Crippen LogP contribution is 2.24. The van der Waals surface area contributed by atoms with Crippen LogP contribution in [0.4, 0.5) is 10.1 Å². The second-order valence-corrected chi connectivity index (χ2v) is 8.66. The van der Waals surface area contributed by atoms with Crippen LogP contribution in [0.1, 0.15) is 22.3 Å². The van der Waals surface area contributed by atoms with E-state index in [9.17, 15) is 27.7 Å². The van der Waals surface area contributed by atoms with Crippen LogP contribution in [0.3, 0.4) is 0 Å². The lowest BCUT2D eigenvalue weighted by Gasteiger charge is -2.28. The molecule has 7 nitrogen and oxygen atoms in total. The maximum atomic E-state index is 13.5. The van der Waals surface area contributed by atoms with Crippen LogP contribution in [-0.2, 0) is 16.4 Å². The number of carbonyl (C=O) groups is 1. The molecular weight excluding hydrogens is 375 g/mol. The van der Waals surface area contributed by atoms with E-state index < -0.39 is 32.5 Å². The van der Waals surface area contributed by atoms with Gasteiger partial charge in [-0.15, -0.1) is 0 Å². The Bertz CT molecular complexity index is 993. The molecule has 0 N–H and O–H groups in total. The highest BCUT2D eigenvalue weighted by Gasteiger charge is 2.35. The number of halogens is 1. The summed E-state index contributed by atoms with van der Waals surface area (Å²) in [4.78, 5) is 24.8. The number of amides is 1. The first-order valence-electron chi connectivity index (χ1n) is 8.25. The Morgan fingerprint density at radius 2 is 1.96 bits per heavy atom. The second-order valence-electron chi connectivity index (χ2n) is 6.43. The minimum Gasteiger partial charge on any atom is -0.330 e. The number of benzene rings is 2. The Balaban J connectivity index is 1.94. The fourth-order valence-electron chi connectivity index (χ4n) is 3.14. The minimum atomic E-state index is -3.25. The summed E-state index contributed by atoms with van der Waals surface area (Å²) < 4.78 is 37.2. The summed E-state index contributed by atoms with van der Waals surface area (Å²) in [6, 6.07) is 10.4. The Morgan fingerprint density at radius 1 is 1.22 bits per heavy atom. The van der Waals surface area contributed by atoms with E-state index in [1.54, 1.807) is 6.07 Å². The summed E-state index contributed by atoms with van der Waals surface area (Å²) in [7, 11) is -3.25. The molecular formula is C18H17FN2O5S. The third-order valence-electron chi connectivity index (χ3n) is 4.46. The molecule has 0 saturated carbocycles. The lowest BCUT2D eigenvalue weighted by molar-refractivity contribution is -0.384. The smallest absolute Gasteiger partial charge is 0.270 e. The molecule has 1 fully saturated rings. The van der Waals surface area contributed by atoms with Crippen molar-refractivity contribution in [3.63, 3.8) is 0 Å². The van der Waals surface area contributed by atoms with Gasteiger partial charge in [0.15, 0.2) is 9.84 Å². The van der Waals surface area contributed by atoms with Gasteiger partial charge in [0, 0.05) is 30.3 Å². The van der Waals surface area contributed by atoms with Crippen LogP contribution >= 0.6 is 0 Å².